The van der Waals surface area contributed by atoms with E-state index >= 15 is 0 Å². The van der Waals surface area contributed by atoms with Crippen molar-refractivity contribution in [3.63, 3.8) is 0 Å². The van der Waals surface area contributed by atoms with Gasteiger partial charge in [-0.1, -0.05) is 18.2 Å². The van der Waals surface area contributed by atoms with Gasteiger partial charge >= 0.3 is 0 Å². The lowest BCUT2D eigenvalue weighted by Crippen LogP contribution is -2.33. The van der Waals surface area contributed by atoms with Crippen molar-refractivity contribution in [2.45, 2.75) is 25.5 Å². The molecule has 0 aliphatic rings. The molecule has 2 aromatic rings. The molecule has 0 spiro atoms. The molecular formula is C16H22N4O2. The SMILES string of the molecule is COC(CN)CC(=O)NC(C)c1ccccc1-n1cccn1. The maximum atomic E-state index is 12.1. The number of hydrogen-bond donors (Lipinski definition) is 2. The molecule has 0 saturated heterocycles. The van der Waals surface area contributed by atoms with Gasteiger partial charge in [0.05, 0.1) is 24.3 Å². The van der Waals surface area contributed by atoms with E-state index < -0.39 is 0 Å². The number of rotatable bonds is 7. The van der Waals surface area contributed by atoms with Gasteiger partial charge in [0.25, 0.3) is 0 Å². The Kier molecular flexibility index (Phi) is 5.68. The van der Waals surface area contributed by atoms with Crippen molar-refractivity contribution in [2.24, 2.45) is 5.73 Å². The van der Waals surface area contributed by atoms with E-state index in [2.05, 4.69) is 10.4 Å². The maximum Gasteiger partial charge on any atom is 0.223 e. The molecule has 0 aliphatic heterocycles. The van der Waals surface area contributed by atoms with E-state index in [4.69, 9.17) is 10.5 Å². The van der Waals surface area contributed by atoms with E-state index in [0.717, 1.165) is 11.3 Å². The molecule has 1 aromatic heterocycles. The Hall–Kier alpha value is -2.18. The highest BCUT2D eigenvalue weighted by molar-refractivity contribution is 5.77. The van der Waals surface area contributed by atoms with Crippen molar-refractivity contribution >= 4 is 5.91 Å². The quantitative estimate of drug-likeness (QED) is 0.810. The molecule has 0 radical (unpaired) electrons. The van der Waals surface area contributed by atoms with Gasteiger partial charge in [0.1, 0.15) is 0 Å². The summed E-state index contributed by atoms with van der Waals surface area (Å²) < 4.78 is 6.93. The van der Waals surface area contributed by atoms with Crippen LogP contribution in [0.2, 0.25) is 0 Å². The van der Waals surface area contributed by atoms with Crippen LogP contribution in [-0.4, -0.2) is 35.4 Å². The number of methoxy groups -OCH3 is 1. The molecule has 0 bridgehead atoms. The van der Waals surface area contributed by atoms with Gasteiger partial charge in [-0.25, -0.2) is 4.68 Å². The van der Waals surface area contributed by atoms with Gasteiger partial charge in [0.2, 0.25) is 5.91 Å². The highest BCUT2D eigenvalue weighted by atomic mass is 16.5. The zero-order valence-corrected chi connectivity index (χ0v) is 12.9. The third-order valence-corrected chi connectivity index (χ3v) is 3.54. The molecule has 1 heterocycles. The van der Waals surface area contributed by atoms with Crippen LogP contribution < -0.4 is 11.1 Å². The second kappa shape index (κ2) is 7.72. The number of benzene rings is 1. The monoisotopic (exact) mass is 302 g/mol. The first kappa shape index (κ1) is 16.2. The summed E-state index contributed by atoms with van der Waals surface area (Å²) in [5.74, 6) is -0.0833. The van der Waals surface area contributed by atoms with Crippen LogP contribution in [0, 0.1) is 0 Å². The van der Waals surface area contributed by atoms with Gasteiger partial charge in [-0.2, -0.15) is 5.10 Å². The number of para-hydroxylation sites is 1. The van der Waals surface area contributed by atoms with Crippen LogP contribution in [0.4, 0.5) is 0 Å². The second-order valence-electron chi connectivity index (χ2n) is 5.10. The average Bonchev–Trinajstić information content (AvgIpc) is 3.06. The highest BCUT2D eigenvalue weighted by Gasteiger charge is 2.17. The van der Waals surface area contributed by atoms with Crippen LogP contribution in [-0.2, 0) is 9.53 Å². The van der Waals surface area contributed by atoms with Crippen LogP contribution in [0.15, 0.2) is 42.7 Å². The van der Waals surface area contributed by atoms with E-state index in [1.54, 1.807) is 18.0 Å². The highest BCUT2D eigenvalue weighted by Crippen LogP contribution is 2.21. The Balaban J connectivity index is 2.10. The van der Waals surface area contributed by atoms with Crippen LogP contribution in [0.3, 0.4) is 0 Å². The standard InChI is InChI=1S/C16H22N4O2/c1-12(19-16(21)10-13(11-17)22-2)14-6-3-4-7-15(14)20-9-5-8-18-20/h3-9,12-13H,10-11,17H2,1-2H3,(H,19,21). The summed E-state index contributed by atoms with van der Waals surface area (Å²) in [6, 6.07) is 9.59. The Bertz CT molecular complexity index is 594. The molecule has 0 aliphatic carbocycles. The van der Waals surface area contributed by atoms with Crippen LogP contribution >= 0.6 is 0 Å². The van der Waals surface area contributed by atoms with Crippen LogP contribution in [0.1, 0.15) is 24.9 Å². The van der Waals surface area contributed by atoms with Crippen molar-refractivity contribution in [1.29, 1.82) is 0 Å². The van der Waals surface area contributed by atoms with E-state index in [1.807, 2.05) is 43.5 Å². The predicted molar refractivity (Wildman–Crippen MR) is 84.6 cm³/mol. The molecule has 22 heavy (non-hydrogen) atoms. The van der Waals surface area contributed by atoms with Gasteiger partial charge in [-0.3, -0.25) is 4.79 Å². The molecule has 118 valence electrons. The van der Waals surface area contributed by atoms with Gasteiger partial charge in [-0.05, 0) is 24.6 Å². The lowest BCUT2D eigenvalue weighted by molar-refractivity contribution is -0.124. The first-order chi connectivity index (χ1) is 10.7. The molecule has 2 unspecified atom stereocenters. The Morgan fingerprint density at radius 2 is 2.18 bits per heavy atom. The summed E-state index contributed by atoms with van der Waals surface area (Å²) in [5, 5.41) is 7.23. The number of aromatic nitrogens is 2. The topological polar surface area (TPSA) is 82.2 Å². The minimum Gasteiger partial charge on any atom is -0.380 e. The molecule has 0 saturated carbocycles. The van der Waals surface area contributed by atoms with Crippen LogP contribution in [0.5, 0.6) is 0 Å². The molecular weight excluding hydrogens is 280 g/mol. The molecule has 1 amide bonds. The number of amides is 1. The fourth-order valence-electron chi connectivity index (χ4n) is 2.32. The molecule has 3 N–H and O–H groups in total. The predicted octanol–water partition coefficient (Wildman–Crippen LogP) is 1.41. The fraction of sp³-hybridized carbons (Fsp3) is 0.375. The summed E-state index contributed by atoms with van der Waals surface area (Å²) in [6.07, 6.45) is 3.60. The average molecular weight is 302 g/mol. The summed E-state index contributed by atoms with van der Waals surface area (Å²) in [7, 11) is 1.56. The number of nitrogens with two attached hydrogens (primary N) is 1. The van der Waals surface area contributed by atoms with Gasteiger partial charge in [0.15, 0.2) is 0 Å². The first-order valence-corrected chi connectivity index (χ1v) is 7.27. The second-order valence-corrected chi connectivity index (χ2v) is 5.10. The van der Waals surface area contributed by atoms with Crippen molar-refractivity contribution in [2.75, 3.05) is 13.7 Å². The lowest BCUT2D eigenvalue weighted by atomic mass is 10.1. The third kappa shape index (κ3) is 3.93. The summed E-state index contributed by atoms with van der Waals surface area (Å²) >= 11 is 0. The van der Waals surface area contributed by atoms with E-state index in [0.29, 0.717) is 6.54 Å². The maximum absolute atomic E-state index is 12.1. The molecule has 6 nitrogen and oxygen atoms in total. The normalized spacial score (nSPS) is 13.6. The number of carbonyl (C=O) groups is 1. The smallest absolute Gasteiger partial charge is 0.223 e. The van der Waals surface area contributed by atoms with E-state index in [9.17, 15) is 4.79 Å². The molecule has 2 atom stereocenters. The molecule has 0 fully saturated rings. The first-order valence-electron chi connectivity index (χ1n) is 7.27. The fourth-order valence-corrected chi connectivity index (χ4v) is 2.32. The summed E-state index contributed by atoms with van der Waals surface area (Å²) in [6.45, 7) is 2.27. The number of nitrogens with one attached hydrogen (secondary N) is 1. The van der Waals surface area contributed by atoms with Crippen molar-refractivity contribution in [1.82, 2.24) is 15.1 Å². The Labute approximate surface area is 130 Å². The minimum absolute atomic E-state index is 0.0833. The van der Waals surface area contributed by atoms with Crippen molar-refractivity contribution in [3.05, 3.63) is 48.3 Å². The largest absolute Gasteiger partial charge is 0.380 e. The Morgan fingerprint density at radius 1 is 1.41 bits per heavy atom. The van der Waals surface area contributed by atoms with Crippen molar-refractivity contribution in [3.8, 4) is 5.69 Å². The number of hydrogen-bond acceptors (Lipinski definition) is 4. The summed E-state index contributed by atoms with van der Waals surface area (Å²) in [4.78, 5) is 12.1. The molecule has 6 heteroatoms. The summed E-state index contributed by atoms with van der Waals surface area (Å²) in [5.41, 5.74) is 7.49. The van der Waals surface area contributed by atoms with Gasteiger partial charge in [-0.15, -0.1) is 0 Å². The van der Waals surface area contributed by atoms with Gasteiger partial charge in [0, 0.05) is 26.0 Å². The number of nitrogens with zero attached hydrogens (tertiary/aromatic N) is 2. The zero-order chi connectivity index (χ0) is 15.9. The third-order valence-electron chi connectivity index (χ3n) is 3.54. The number of carbonyl (C=O) groups excluding carboxylic acids is 1. The minimum atomic E-state index is -0.256. The number of ether oxygens (including phenoxy) is 1. The van der Waals surface area contributed by atoms with E-state index in [-0.39, 0.29) is 24.5 Å². The van der Waals surface area contributed by atoms with Crippen molar-refractivity contribution < 1.29 is 9.53 Å². The Morgan fingerprint density at radius 3 is 2.82 bits per heavy atom. The van der Waals surface area contributed by atoms with E-state index in [1.165, 1.54) is 0 Å². The van der Waals surface area contributed by atoms with Gasteiger partial charge < -0.3 is 15.8 Å². The van der Waals surface area contributed by atoms with Crippen LogP contribution in [0.25, 0.3) is 5.69 Å². The lowest BCUT2D eigenvalue weighted by Gasteiger charge is -2.19. The molecule has 2 rings (SSSR count). The zero-order valence-electron chi connectivity index (χ0n) is 12.9. The molecule has 1 aromatic carbocycles.